The van der Waals surface area contributed by atoms with Crippen molar-refractivity contribution in [2.24, 2.45) is 11.8 Å². The number of Topliss-reactive ketones (excluding diaryl/α,β-unsaturated/α-hetero) is 2. The van der Waals surface area contributed by atoms with Crippen LogP contribution in [-0.4, -0.2) is 48.4 Å². The third-order valence-electron chi connectivity index (χ3n) is 5.21. The van der Waals surface area contributed by atoms with E-state index in [0.29, 0.717) is 24.5 Å². The first kappa shape index (κ1) is 30.0. The molecule has 0 unspecified atom stereocenters. The summed E-state index contributed by atoms with van der Waals surface area (Å²) >= 11 is 0. The van der Waals surface area contributed by atoms with Gasteiger partial charge in [-0.2, -0.15) is 0 Å². The summed E-state index contributed by atoms with van der Waals surface area (Å²) in [6.45, 7) is 12.1. The van der Waals surface area contributed by atoms with Crippen LogP contribution in [0.1, 0.15) is 77.6 Å². The standard InChI is InChI=1S/C26H40N4O5/c1-16(2)22(31)7-9-24(33)29-20-13-19(26(35)28-12-11-27-18(5)6)14-21(15-20)30-25(34)10-8-23(32)17(3)4/h13-18,27H,7-12H2,1-6H3,(H,28,35)(H,29,33)(H,30,34). The molecule has 9 nitrogen and oxygen atoms in total. The highest BCUT2D eigenvalue weighted by Crippen LogP contribution is 2.20. The summed E-state index contributed by atoms with van der Waals surface area (Å²) in [5, 5.41) is 11.4. The van der Waals surface area contributed by atoms with Gasteiger partial charge in [-0.1, -0.05) is 41.5 Å². The minimum absolute atomic E-state index is 0.00724. The Hall–Kier alpha value is -3.07. The van der Waals surface area contributed by atoms with Crippen molar-refractivity contribution in [2.45, 2.75) is 73.3 Å². The van der Waals surface area contributed by atoms with Crippen LogP contribution in [0.2, 0.25) is 0 Å². The molecule has 0 aromatic heterocycles. The lowest BCUT2D eigenvalue weighted by Crippen LogP contribution is -2.34. The number of nitrogens with one attached hydrogen (secondary N) is 4. The van der Waals surface area contributed by atoms with Crippen molar-refractivity contribution in [1.82, 2.24) is 10.6 Å². The first-order chi connectivity index (χ1) is 16.4. The number of hydrogen-bond acceptors (Lipinski definition) is 6. The van der Waals surface area contributed by atoms with E-state index in [1.54, 1.807) is 33.8 Å². The number of carbonyl (C=O) groups is 5. The number of amides is 3. The molecule has 0 aliphatic heterocycles. The largest absolute Gasteiger partial charge is 0.351 e. The van der Waals surface area contributed by atoms with Crippen LogP contribution in [0.5, 0.6) is 0 Å². The summed E-state index contributed by atoms with van der Waals surface area (Å²) in [5.74, 6) is -1.39. The SMILES string of the molecule is CC(C)NCCNC(=O)c1cc(NC(=O)CCC(=O)C(C)C)cc(NC(=O)CCC(=O)C(C)C)c1. The second-order valence-electron chi connectivity index (χ2n) is 9.50. The van der Waals surface area contributed by atoms with E-state index in [4.69, 9.17) is 0 Å². The Morgan fingerprint density at radius 1 is 0.657 bits per heavy atom. The lowest BCUT2D eigenvalue weighted by molar-refractivity contribution is -0.125. The van der Waals surface area contributed by atoms with Gasteiger partial charge in [-0.05, 0) is 18.2 Å². The van der Waals surface area contributed by atoms with Crippen molar-refractivity contribution in [3.8, 4) is 0 Å². The van der Waals surface area contributed by atoms with E-state index in [0.717, 1.165) is 0 Å². The van der Waals surface area contributed by atoms with Crippen LogP contribution < -0.4 is 21.3 Å². The van der Waals surface area contributed by atoms with E-state index in [9.17, 15) is 24.0 Å². The van der Waals surface area contributed by atoms with Crippen LogP contribution in [-0.2, 0) is 19.2 Å². The van der Waals surface area contributed by atoms with Gasteiger partial charge in [-0.3, -0.25) is 24.0 Å². The quantitative estimate of drug-likeness (QED) is 0.280. The molecule has 0 bridgehead atoms. The van der Waals surface area contributed by atoms with Crippen LogP contribution >= 0.6 is 0 Å². The van der Waals surface area contributed by atoms with E-state index >= 15 is 0 Å². The zero-order valence-corrected chi connectivity index (χ0v) is 21.7. The predicted molar refractivity (Wildman–Crippen MR) is 137 cm³/mol. The smallest absolute Gasteiger partial charge is 0.251 e. The molecule has 0 saturated heterocycles. The molecule has 1 aromatic rings. The third kappa shape index (κ3) is 12.3. The molecule has 0 saturated carbocycles. The van der Waals surface area contributed by atoms with E-state index in [1.165, 1.54) is 12.1 Å². The normalized spacial score (nSPS) is 11.0. The second kappa shape index (κ2) is 15.0. The molecule has 1 aromatic carbocycles. The highest BCUT2D eigenvalue weighted by molar-refractivity contribution is 6.01. The highest BCUT2D eigenvalue weighted by atomic mass is 16.2. The Morgan fingerprint density at radius 3 is 1.51 bits per heavy atom. The number of hydrogen-bond donors (Lipinski definition) is 4. The molecular formula is C26H40N4O5. The maximum absolute atomic E-state index is 12.7. The number of ketones is 2. The topological polar surface area (TPSA) is 133 Å². The average Bonchev–Trinajstić information content (AvgIpc) is 2.77. The fourth-order valence-corrected chi connectivity index (χ4v) is 3.04. The maximum atomic E-state index is 12.7. The molecule has 1 rings (SSSR count). The van der Waals surface area contributed by atoms with Crippen LogP contribution in [0.15, 0.2) is 18.2 Å². The van der Waals surface area contributed by atoms with E-state index < -0.39 is 0 Å². The Balaban J connectivity index is 2.95. The second-order valence-corrected chi connectivity index (χ2v) is 9.50. The fourth-order valence-electron chi connectivity index (χ4n) is 3.04. The van der Waals surface area contributed by atoms with Gasteiger partial charge >= 0.3 is 0 Å². The van der Waals surface area contributed by atoms with Gasteiger partial charge in [0, 0.05) is 73.6 Å². The zero-order chi connectivity index (χ0) is 26.5. The molecule has 9 heteroatoms. The van der Waals surface area contributed by atoms with Crippen molar-refractivity contribution in [3.63, 3.8) is 0 Å². The molecule has 0 radical (unpaired) electrons. The molecule has 0 spiro atoms. The van der Waals surface area contributed by atoms with Gasteiger partial charge in [0.05, 0.1) is 0 Å². The summed E-state index contributed by atoms with van der Waals surface area (Å²) in [4.78, 5) is 61.1. The minimum atomic E-state index is -0.363. The monoisotopic (exact) mass is 488 g/mol. The van der Waals surface area contributed by atoms with Crippen molar-refractivity contribution < 1.29 is 24.0 Å². The molecule has 4 N–H and O–H groups in total. The van der Waals surface area contributed by atoms with Crippen LogP contribution in [0, 0.1) is 11.8 Å². The Labute approximate surface area is 208 Å². The predicted octanol–water partition coefficient (Wildman–Crippen LogP) is 3.30. The Morgan fingerprint density at radius 2 is 1.11 bits per heavy atom. The van der Waals surface area contributed by atoms with Gasteiger partial charge in [0.1, 0.15) is 11.6 Å². The lowest BCUT2D eigenvalue weighted by atomic mass is 10.0. The van der Waals surface area contributed by atoms with Crippen LogP contribution in [0.25, 0.3) is 0 Å². The molecule has 0 fully saturated rings. The number of benzene rings is 1. The van der Waals surface area contributed by atoms with E-state index in [-0.39, 0.29) is 78.4 Å². The summed E-state index contributed by atoms with van der Waals surface area (Å²) in [6.07, 6.45) is 0.292. The zero-order valence-electron chi connectivity index (χ0n) is 21.7. The number of rotatable bonds is 15. The fraction of sp³-hybridized carbons (Fsp3) is 0.577. The first-order valence-corrected chi connectivity index (χ1v) is 12.2. The molecule has 194 valence electrons. The Kier molecular flexibility index (Phi) is 12.9. The summed E-state index contributed by atoms with van der Waals surface area (Å²) in [7, 11) is 0. The summed E-state index contributed by atoms with van der Waals surface area (Å²) in [5.41, 5.74) is 0.918. The molecule has 0 atom stereocenters. The van der Waals surface area contributed by atoms with Crippen molar-refractivity contribution in [3.05, 3.63) is 23.8 Å². The number of carbonyl (C=O) groups excluding carboxylic acids is 5. The summed E-state index contributed by atoms with van der Waals surface area (Å²) in [6, 6.07) is 4.87. The van der Waals surface area contributed by atoms with Crippen molar-refractivity contribution >= 4 is 40.7 Å². The lowest BCUT2D eigenvalue weighted by Gasteiger charge is -2.13. The van der Waals surface area contributed by atoms with Gasteiger partial charge in [0.15, 0.2) is 0 Å². The Bertz CT molecular complexity index is 853. The van der Waals surface area contributed by atoms with Crippen LogP contribution in [0.4, 0.5) is 11.4 Å². The van der Waals surface area contributed by atoms with Crippen molar-refractivity contribution in [2.75, 3.05) is 23.7 Å². The average molecular weight is 489 g/mol. The molecule has 0 aliphatic carbocycles. The van der Waals surface area contributed by atoms with E-state index in [1.807, 2.05) is 13.8 Å². The van der Waals surface area contributed by atoms with Gasteiger partial charge in [-0.25, -0.2) is 0 Å². The molecule has 0 heterocycles. The van der Waals surface area contributed by atoms with Gasteiger partial charge in [-0.15, -0.1) is 0 Å². The number of anilines is 2. The molecule has 35 heavy (non-hydrogen) atoms. The molecular weight excluding hydrogens is 448 g/mol. The minimum Gasteiger partial charge on any atom is -0.351 e. The highest BCUT2D eigenvalue weighted by Gasteiger charge is 2.15. The van der Waals surface area contributed by atoms with E-state index in [2.05, 4.69) is 21.3 Å². The van der Waals surface area contributed by atoms with Crippen molar-refractivity contribution in [1.29, 1.82) is 0 Å². The first-order valence-electron chi connectivity index (χ1n) is 12.2. The van der Waals surface area contributed by atoms with Crippen LogP contribution in [0.3, 0.4) is 0 Å². The molecule has 3 amide bonds. The maximum Gasteiger partial charge on any atom is 0.251 e. The molecule has 0 aliphatic rings. The van der Waals surface area contributed by atoms with Gasteiger partial charge in [0.2, 0.25) is 11.8 Å². The third-order valence-corrected chi connectivity index (χ3v) is 5.21. The van der Waals surface area contributed by atoms with Gasteiger partial charge < -0.3 is 21.3 Å². The summed E-state index contributed by atoms with van der Waals surface area (Å²) < 4.78 is 0. The van der Waals surface area contributed by atoms with Gasteiger partial charge in [0.25, 0.3) is 5.91 Å².